The number of nitrogens with zero attached hydrogens (tertiary/aromatic N) is 2. The van der Waals surface area contributed by atoms with E-state index >= 15 is 0 Å². The number of carbonyl (C=O) groups is 1. The number of fused-ring (bicyclic) bond motifs is 1. The van der Waals surface area contributed by atoms with E-state index in [0.29, 0.717) is 16.4 Å². The normalized spacial score (nSPS) is 14.0. The number of amides is 1. The zero-order valence-electron chi connectivity index (χ0n) is 12.1. The molecule has 0 aliphatic heterocycles. The first-order chi connectivity index (χ1) is 10.7. The molecule has 2 aromatic rings. The summed E-state index contributed by atoms with van der Waals surface area (Å²) in [4.78, 5) is 17.9. The van der Waals surface area contributed by atoms with Gasteiger partial charge in [-0.25, -0.2) is 4.98 Å². The van der Waals surface area contributed by atoms with Crippen LogP contribution in [0.2, 0.25) is 0 Å². The van der Waals surface area contributed by atoms with Gasteiger partial charge in [0.2, 0.25) is 0 Å². The number of carbonyl (C=O) groups excluding carboxylic acids is 1. The zero-order chi connectivity index (χ0) is 15.5. The van der Waals surface area contributed by atoms with E-state index in [4.69, 9.17) is 10.00 Å². The Morgan fingerprint density at radius 2 is 2.27 bits per heavy atom. The minimum Gasteiger partial charge on any atom is -0.480 e. The zero-order valence-corrected chi connectivity index (χ0v) is 12.9. The molecule has 1 atom stereocenters. The Kier molecular flexibility index (Phi) is 4.07. The molecule has 1 unspecified atom stereocenters. The fraction of sp³-hybridized carbons (Fsp3) is 0.312. The molecule has 0 saturated carbocycles. The largest absolute Gasteiger partial charge is 0.480 e. The summed E-state index contributed by atoms with van der Waals surface area (Å²) >= 11 is 1.53. The number of nitrogens with one attached hydrogen (secondary N) is 1. The van der Waals surface area contributed by atoms with Crippen LogP contribution in [0.25, 0.3) is 0 Å². The van der Waals surface area contributed by atoms with Gasteiger partial charge < -0.3 is 4.74 Å². The lowest BCUT2D eigenvalue weighted by molar-refractivity contribution is -0.122. The lowest BCUT2D eigenvalue weighted by Gasteiger charge is -2.14. The van der Waals surface area contributed by atoms with E-state index in [1.165, 1.54) is 16.2 Å². The molecule has 1 N–H and O–H groups in total. The van der Waals surface area contributed by atoms with Gasteiger partial charge in [0, 0.05) is 4.88 Å². The standard InChI is InChI=1S/C16H15N3O2S/c1-10(21-13-7-3-2-5-11(13)9-17)15(20)19-16-18-12-6-4-8-14(12)22-16/h2-3,5,7,10H,4,6,8H2,1H3,(H,18,19,20). The van der Waals surface area contributed by atoms with Crippen LogP contribution in [0.15, 0.2) is 24.3 Å². The smallest absolute Gasteiger partial charge is 0.266 e. The van der Waals surface area contributed by atoms with Crippen LogP contribution in [0.5, 0.6) is 5.75 Å². The first kappa shape index (κ1) is 14.5. The summed E-state index contributed by atoms with van der Waals surface area (Å²) in [7, 11) is 0. The van der Waals surface area contributed by atoms with Gasteiger partial charge >= 0.3 is 0 Å². The topological polar surface area (TPSA) is 75.0 Å². The molecular weight excluding hydrogens is 298 g/mol. The molecule has 3 rings (SSSR count). The van der Waals surface area contributed by atoms with E-state index in [-0.39, 0.29) is 5.91 Å². The third-order valence-electron chi connectivity index (χ3n) is 3.51. The number of ether oxygens (including phenoxy) is 1. The summed E-state index contributed by atoms with van der Waals surface area (Å²) in [6.07, 6.45) is 2.48. The van der Waals surface area contributed by atoms with Gasteiger partial charge in [0.1, 0.15) is 11.8 Å². The summed E-state index contributed by atoms with van der Waals surface area (Å²) in [6, 6.07) is 8.91. The van der Waals surface area contributed by atoms with Crippen LogP contribution in [0.4, 0.5) is 5.13 Å². The number of thiazole rings is 1. The summed E-state index contributed by atoms with van der Waals surface area (Å²) in [5.41, 5.74) is 1.51. The Hall–Kier alpha value is -2.39. The number of benzene rings is 1. The van der Waals surface area contributed by atoms with Crippen LogP contribution in [0.3, 0.4) is 0 Å². The minimum absolute atomic E-state index is 0.264. The lowest BCUT2D eigenvalue weighted by atomic mass is 10.2. The third-order valence-corrected chi connectivity index (χ3v) is 4.58. The highest BCUT2D eigenvalue weighted by Crippen LogP contribution is 2.30. The lowest BCUT2D eigenvalue weighted by Crippen LogP contribution is -2.30. The number of hydrogen-bond donors (Lipinski definition) is 1. The van der Waals surface area contributed by atoms with Crippen molar-refractivity contribution in [2.45, 2.75) is 32.3 Å². The molecule has 1 heterocycles. The quantitative estimate of drug-likeness (QED) is 0.941. The molecule has 0 bridgehead atoms. The van der Waals surface area contributed by atoms with E-state index < -0.39 is 6.10 Å². The van der Waals surface area contributed by atoms with Crippen molar-refractivity contribution in [3.63, 3.8) is 0 Å². The van der Waals surface area contributed by atoms with Gasteiger partial charge in [0.15, 0.2) is 11.2 Å². The minimum atomic E-state index is -0.701. The molecule has 1 aromatic heterocycles. The first-order valence-corrected chi connectivity index (χ1v) is 7.94. The highest BCUT2D eigenvalue weighted by Gasteiger charge is 2.21. The van der Waals surface area contributed by atoms with Crippen LogP contribution < -0.4 is 10.1 Å². The fourth-order valence-corrected chi connectivity index (χ4v) is 3.41. The summed E-state index contributed by atoms with van der Waals surface area (Å²) in [6.45, 7) is 1.66. The van der Waals surface area contributed by atoms with Crippen molar-refractivity contribution in [1.29, 1.82) is 5.26 Å². The second-order valence-corrected chi connectivity index (χ2v) is 6.18. The second-order valence-electron chi connectivity index (χ2n) is 5.10. The maximum Gasteiger partial charge on any atom is 0.266 e. The third kappa shape index (κ3) is 2.95. The predicted octanol–water partition coefficient (Wildman–Crippen LogP) is 2.91. The second kappa shape index (κ2) is 6.16. The average molecular weight is 313 g/mol. The van der Waals surface area contributed by atoms with E-state index in [2.05, 4.69) is 10.3 Å². The molecule has 1 aliphatic carbocycles. The molecule has 5 nitrogen and oxygen atoms in total. The van der Waals surface area contributed by atoms with E-state index in [1.54, 1.807) is 31.2 Å². The van der Waals surface area contributed by atoms with Crippen molar-refractivity contribution >= 4 is 22.4 Å². The SMILES string of the molecule is CC(Oc1ccccc1C#N)C(=O)Nc1nc2c(s1)CCC2. The first-order valence-electron chi connectivity index (χ1n) is 7.12. The molecule has 0 spiro atoms. The van der Waals surface area contributed by atoms with Gasteiger partial charge in [-0.2, -0.15) is 5.26 Å². The maximum atomic E-state index is 12.2. The molecule has 22 heavy (non-hydrogen) atoms. The number of rotatable bonds is 4. The van der Waals surface area contributed by atoms with Gasteiger partial charge in [-0.15, -0.1) is 11.3 Å². The highest BCUT2D eigenvalue weighted by atomic mass is 32.1. The van der Waals surface area contributed by atoms with Crippen molar-refractivity contribution in [3.8, 4) is 11.8 Å². The number of para-hydroxylation sites is 1. The summed E-state index contributed by atoms with van der Waals surface area (Å²) in [5.74, 6) is 0.148. The van der Waals surface area contributed by atoms with Crippen LogP contribution in [0, 0.1) is 11.3 Å². The highest BCUT2D eigenvalue weighted by molar-refractivity contribution is 7.15. The molecule has 0 saturated heterocycles. The Bertz CT molecular complexity index is 727. The molecular formula is C16H15N3O2S. The van der Waals surface area contributed by atoms with Gasteiger partial charge in [-0.3, -0.25) is 10.1 Å². The van der Waals surface area contributed by atoms with Crippen LogP contribution in [-0.4, -0.2) is 17.0 Å². The van der Waals surface area contributed by atoms with Crippen molar-refractivity contribution in [1.82, 2.24) is 4.98 Å². The van der Waals surface area contributed by atoms with Gasteiger partial charge in [-0.1, -0.05) is 12.1 Å². The van der Waals surface area contributed by atoms with Crippen LogP contribution >= 0.6 is 11.3 Å². The molecule has 112 valence electrons. The van der Waals surface area contributed by atoms with E-state index in [0.717, 1.165) is 25.0 Å². The van der Waals surface area contributed by atoms with E-state index in [1.807, 2.05) is 6.07 Å². The number of aromatic nitrogens is 1. The number of hydrogen-bond acceptors (Lipinski definition) is 5. The summed E-state index contributed by atoms with van der Waals surface area (Å²) < 4.78 is 5.59. The maximum absolute atomic E-state index is 12.2. The van der Waals surface area contributed by atoms with E-state index in [9.17, 15) is 4.79 Å². The summed E-state index contributed by atoms with van der Waals surface area (Å²) in [5, 5.41) is 12.4. The molecule has 0 fully saturated rings. The molecule has 6 heteroatoms. The Labute approximate surface area is 132 Å². The Morgan fingerprint density at radius 1 is 1.45 bits per heavy atom. The van der Waals surface area contributed by atoms with Crippen LogP contribution in [0.1, 0.15) is 29.5 Å². The number of anilines is 1. The van der Waals surface area contributed by atoms with Gasteiger partial charge in [0.25, 0.3) is 5.91 Å². The van der Waals surface area contributed by atoms with Crippen LogP contribution in [-0.2, 0) is 17.6 Å². The molecule has 1 amide bonds. The fourth-order valence-electron chi connectivity index (χ4n) is 2.36. The monoisotopic (exact) mass is 313 g/mol. The Morgan fingerprint density at radius 3 is 3.05 bits per heavy atom. The number of nitriles is 1. The van der Waals surface area contributed by atoms with Gasteiger partial charge in [0.05, 0.1) is 11.3 Å². The van der Waals surface area contributed by atoms with Crippen molar-refractivity contribution in [3.05, 3.63) is 40.4 Å². The van der Waals surface area contributed by atoms with Crippen molar-refractivity contribution < 1.29 is 9.53 Å². The average Bonchev–Trinajstić information content (AvgIpc) is 3.08. The molecule has 1 aromatic carbocycles. The van der Waals surface area contributed by atoms with Crippen molar-refractivity contribution in [2.75, 3.05) is 5.32 Å². The predicted molar refractivity (Wildman–Crippen MR) is 84.0 cm³/mol. The molecule has 1 aliphatic rings. The Balaban J connectivity index is 1.65. The van der Waals surface area contributed by atoms with Gasteiger partial charge in [-0.05, 0) is 38.3 Å². The number of aryl methyl sites for hydroxylation is 2. The van der Waals surface area contributed by atoms with Crippen molar-refractivity contribution in [2.24, 2.45) is 0 Å². The molecule has 0 radical (unpaired) electrons.